The van der Waals surface area contributed by atoms with Gasteiger partial charge >= 0.3 is 0 Å². The van der Waals surface area contributed by atoms with Crippen molar-refractivity contribution >= 4 is 21.7 Å². The lowest BCUT2D eigenvalue weighted by Gasteiger charge is -2.08. The summed E-state index contributed by atoms with van der Waals surface area (Å²) in [6, 6.07) is 15.7. The highest BCUT2D eigenvalue weighted by atomic mass is 32.2. The van der Waals surface area contributed by atoms with Crippen LogP contribution < -0.4 is 10.0 Å². The summed E-state index contributed by atoms with van der Waals surface area (Å²) < 4.78 is 27.2. The van der Waals surface area contributed by atoms with Crippen LogP contribution in [-0.2, 0) is 16.6 Å². The first-order chi connectivity index (χ1) is 12.5. The molecule has 1 heterocycles. The van der Waals surface area contributed by atoms with Gasteiger partial charge in [-0.3, -0.25) is 9.52 Å². The van der Waals surface area contributed by atoms with Gasteiger partial charge in [-0.25, -0.2) is 8.42 Å². The van der Waals surface area contributed by atoms with Crippen molar-refractivity contribution in [3.8, 4) is 0 Å². The van der Waals surface area contributed by atoms with Gasteiger partial charge in [0.2, 0.25) is 0 Å². The average molecular weight is 371 g/mol. The number of nitrogens with zero attached hydrogens (tertiary/aromatic N) is 2. The summed E-state index contributed by atoms with van der Waals surface area (Å²) >= 11 is 0. The molecule has 0 bridgehead atoms. The fourth-order valence-corrected chi connectivity index (χ4v) is 3.24. The molecule has 0 aliphatic carbocycles. The summed E-state index contributed by atoms with van der Waals surface area (Å²) in [5, 5.41) is 12.4. The van der Waals surface area contributed by atoms with Gasteiger partial charge < -0.3 is 5.32 Å². The highest BCUT2D eigenvalue weighted by Gasteiger charge is 2.22. The van der Waals surface area contributed by atoms with E-state index in [-0.39, 0.29) is 23.0 Å². The number of hydrogen-bond acceptors (Lipinski definition) is 5. The molecule has 0 saturated heterocycles. The minimum atomic E-state index is -3.88. The molecule has 9 heteroatoms. The molecule has 0 radical (unpaired) electrons. The number of amides is 1. The topological polar surface area (TPSA) is 117 Å². The third kappa shape index (κ3) is 4.06. The number of anilines is 1. The van der Waals surface area contributed by atoms with Crippen LogP contribution in [0.4, 0.5) is 5.82 Å². The second-order valence-electron chi connectivity index (χ2n) is 5.61. The lowest BCUT2D eigenvalue weighted by atomic mass is 10.2. The highest BCUT2D eigenvalue weighted by Crippen LogP contribution is 2.17. The Kier molecular flexibility index (Phi) is 4.99. The van der Waals surface area contributed by atoms with E-state index in [4.69, 9.17) is 0 Å². The number of hydrogen-bond donors (Lipinski definition) is 3. The van der Waals surface area contributed by atoms with Gasteiger partial charge in [0.25, 0.3) is 15.9 Å². The lowest BCUT2D eigenvalue weighted by Crippen LogP contribution is -2.25. The van der Waals surface area contributed by atoms with Gasteiger partial charge in [0.15, 0.2) is 11.5 Å². The Balaban J connectivity index is 1.73. The Labute approximate surface area is 150 Å². The van der Waals surface area contributed by atoms with Crippen LogP contribution in [0.1, 0.15) is 21.6 Å². The van der Waals surface area contributed by atoms with E-state index in [1.54, 1.807) is 12.1 Å². The molecule has 0 atom stereocenters. The molecule has 8 nitrogen and oxygen atoms in total. The van der Waals surface area contributed by atoms with E-state index in [2.05, 4.69) is 25.4 Å². The van der Waals surface area contributed by atoms with E-state index in [1.165, 1.54) is 12.1 Å². The van der Waals surface area contributed by atoms with Gasteiger partial charge in [-0.05, 0) is 24.6 Å². The van der Waals surface area contributed by atoms with Crippen LogP contribution in [0.25, 0.3) is 0 Å². The summed E-state index contributed by atoms with van der Waals surface area (Å²) in [5.74, 6) is -0.694. The zero-order valence-electron chi connectivity index (χ0n) is 13.9. The maximum absolute atomic E-state index is 12.4. The molecule has 2 aromatic carbocycles. The largest absolute Gasteiger partial charge is 0.346 e. The van der Waals surface area contributed by atoms with Gasteiger partial charge in [-0.2, -0.15) is 5.21 Å². The van der Waals surface area contributed by atoms with Crippen molar-refractivity contribution in [3.05, 3.63) is 71.4 Å². The molecule has 1 aromatic heterocycles. The smallest absolute Gasteiger partial charge is 0.276 e. The van der Waals surface area contributed by atoms with Crippen molar-refractivity contribution < 1.29 is 13.2 Å². The second-order valence-corrected chi connectivity index (χ2v) is 7.29. The van der Waals surface area contributed by atoms with Gasteiger partial charge in [0, 0.05) is 6.54 Å². The normalized spacial score (nSPS) is 11.1. The summed E-state index contributed by atoms with van der Waals surface area (Å²) in [5.41, 5.74) is 1.72. The molecule has 0 spiro atoms. The number of carbonyl (C=O) groups is 1. The first-order valence-electron chi connectivity index (χ1n) is 7.78. The minimum Gasteiger partial charge on any atom is -0.346 e. The van der Waals surface area contributed by atoms with E-state index in [0.717, 1.165) is 11.1 Å². The van der Waals surface area contributed by atoms with Gasteiger partial charge in [-0.1, -0.05) is 48.0 Å². The number of nitrogens with one attached hydrogen (secondary N) is 3. The standard InChI is InChI=1S/C17H17N5O3S/c1-12-7-9-14(10-8-12)26(24,25)21-16-15(19-22-20-16)17(23)18-11-13-5-3-2-4-6-13/h2-10H,11H2,1H3,(H,18,23)(H2,19,20,21,22). The van der Waals surface area contributed by atoms with Crippen molar-refractivity contribution in [1.29, 1.82) is 0 Å². The van der Waals surface area contributed by atoms with Crippen molar-refractivity contribution in [2.75, 3.05) is 4.72 Å². The van der Waals surface area contributed by atoms with Crippen LogP contribution >= 0.6 is 0 Å². The number of aryl methyl sites for hydroxylation is 1. The molecule has 0 aliphatic heterocycles. The van der Waals surface area contributed by atoms with Crippen LogP contribution in [0.3, 0.4) is 0 Å². The van der Waals surface area contributed by atoms with Crippen molar-refractivity contribution in [2.24, 2.45) is 0 Å². The molecule has 0 fully saturated rings. The van der Waals surface area contributed by atoms with Crippen LogP contribution in [0.15, 0.2) is 59.5 Å². The molecular weight excluding hydrogens is 354 g/mol. The van der Waals surface area contributed by atoms with Crippen molar-refractivity contribution in [2.45, 2.75) is 18.4 Å². The van der Waals surface area contributed by atoms with E-state index in [1.807, 2.05) is 37.3 Å². The molecule has 26 heavy (non-hydrogen) atoms. The number of rotatable bonds is 6. The minimum absolute atomic E-state index is 0.0711. The molecule has 134 valence electrons. The van der Waals surface area contributed by atoms with Crippen molar-refractivity contribution in [1.82, 2.24) is 20.7 Å². The third-order valence-electron chi connectivity index (χ3n) is 3.62. The molecule has 3 rings (SSSR count). The zero-order valence-corrected chi connectivity index (χ0v) is 14.7. The van der Waals surface area contributed by atoms with E-state index >= 15 is 0 Å². The van der Waals surface area contributed by atoms with Crippen LogP contribution in [0.2, 0.25) is 0 Å². The van der Waals surface area contributed by atoms with E-state index in [9.17, 15) is 13.2 Å². The molecular formula is C17H17N5O3S. The first-order valence-corrected chi connectivity index (χ1v) is 9.26. The second kappa shape index (κ2) is 7.36. The van der Waals surface area contributed by atoms with Gasteiger partial charge in [0.1, 0.15) is 0 Å². The maximum Gasteiger partial charge on any atom is 0.276 e. The van der Waals surface area contributed by atoms with Gasteiger partial charge in [0.05, 0.1) is 4.90 Å². The Bertz CT molecular complexity index is 998. The zero-order chi connectivity index (χ0) is 18.6. The predicted octanol–water partition coefficient (Wildman–Crippen LogP) is 1.84. The molecule has 3 N–H and O–H groups in total. The van der Waals surface area contributed by atoms with Gasteiger partial charge in [-0.15, -0.1) is 10.2 Å². The van der Waals surface area contributed by atoms with Crippen LogP contribution in [0, 0.1) is 6.92 Å². The molecule has 3 aromatic rings. The lowest BCUT2D eigenvalue weighted by molar-refractivity contribution is 0.0947. The average Bonchev–Trinajstić information content (AvgIpc) is 3.08. The predicted molar refractivity (Wildman–Crippen MR) is 96.0 cm³/mol. The summed E-state index contributed by atoms with van der Waals surface area (Å²) in [6.07, 6.45) is 0. The summed E-state index contributed by atoms with van der Waals surface area (Å²) in [7, 11) is -3.88. The monoisotopic (exact) mass is 371 g/mol. The Hall–Kier alpha value is -3.20. The maximum atomic E-state index is 12.4. The fraction of sp³-hybridized carbons (Fsp3) is 0.118. The number of benzene rings is 2. The SMILES string of the molecule is Cc1ccc(S(=O)(=O)Nc2n[nH]nc2C(=O)NCc2ccccc2)cc1. The van der Waals surface area contributed by atoms with Crippen molar-refractivity contribution in [3.63, 3.8) is 0 Å². The first kappa shape index (κ1) is 17.6. The third-order valence-corrected chi connectivity index (χ3v) is 4.98. The Morgan fingerprint density at radius 2 is 1.73 bits per heavy atom. The van der Waals surface area contributed by atoms with Crippen LogP contribution in [-0.4, -0.2) is 29.7 Å². The number of aromatic amines is 1. The van der Waals surface area contributed by atoms with E-state index in [0.29, 0.717) is 0 Å². The number of H-pyrrole nitrogens is 1. The Morgan fingerprint density at radius 1 is 1.04 bits per heavy atom. The quantitative estimate of drug-likeness (QED) is 0.611. The summed E-state index contributed by atoms with van der Waals surface area (Å²) in [6.45, 7) is 2.15. The molecule has 0 unspecified atom stereocenters. The number of carbonyl (C=O) groups excluding carboxylic acids is 1. The van der Waals surface area contributed by atoms with Crippen LogP contribution in [0.5, 0.6) is 0 Å². The summed E-state index contributed by atoms with van der Waals surface area (Å²) in [4.78, 5) is 12.4. The molecule has 1 amide bonds. The fourth-order valence-electron chi connectivity index (χ4n) is 2.23. The molecule has 0 aliphatic rings. The highest BCUT2D eigenvalue weighted by molar-refractivity contribution is 7.92. The molecule has 0 saturated carbocycles. The number of aromatic nitrogens is 3. The number of sulfonamides is 1. The van der Waals surface area contributed by atoms with E-state index < -0.39 is 15.9 Å². The Morgan fingerprint density at radius 3 is 2.42 bits per heavy atom.